The molecule has 0 saturated heterocycles. The highest BCUT2D eigenvalue weighted by Crippen LogP contribution is 1.90. The Morgan fingerprint density at radius 1 is 1.30 bits per heavy atom. The lowest BCUT2D eigenvalue weighted by atomic mass is 10.4. The minimum atomic E-state index is -0.385. The van der Waals surface area contributed by atoms with E-state index in [2.05, 4.69) is 0 Å². The quantitative estimate of drug-likeness (QED) is 0.614. The summed E-state index contributed by atoms with van der Waals surface area (Å²) in [5.74, 6) is 0. The molecule has 0 fully saturated rings. The maximum absolute atomic E-state index is 8.77. The predicted molar refractivity (Wildman–Crippen MR) is 39.0 cm³/mol. The van der Waals surface area contributed by atoms with Crippen molar-refractivity contribution in [2.24, 2.45) is 0 Å². The van der Waals surface area contributed by atoms with E-state index in [1.165, 1.54) is 0 Å². The van der Waals surface area contributed by atoms with Crippen LogP contribution < -0.4 is 0 Å². The highest BCUT2D eigenvalue weighted by atomic mass is 16.5. The minimum absolute atomic E-state index is 0.110. The van der Waals surface area contributed by atoms with E-state index in [1.807, 2.05) is 6.92 Å². The third-order valence-electron chi connectivity index (χ3n) is 1.11. The Morgan fingerprint density at radius 2 is 1.90 bits per heavy atom. The van der Waals surface area contributed by atoms with Crippen molar-refractivity contribution in [3.8, 4) is 0 Å². The smallest absolute Gasteiger partial charge is 0.0776 e. The van der Waals surface area contributed by atoms with Crippen molar-refractivity contribution in [3.63, 3.8) is 0 Å². The van der Waals surface area contributed by atoms with Crippen LogP contribution in [0.2, 0.25) is 0 Å². The first-order valence-corrected chi connectivity index (χ1v) is 3.45. The summed E-state index contributed by atoms with van der Waals surface area (Å²) in [7, 11) is 1.64. The topological polar surface area (TPSA) is 38.7 Å². The van der Waals surface area contributed by atoms with Crippen LogP contribution in [-0.4, -0.2) is 37.6 Å². The summed E-state index contributed by atoms with van der Waals surface area (Å²) in [5.41, 5.74) is 0. The molecule has 62 valence electrons. The number of aliphatic hydroxyl groups is 1. The van der Waals surface area contributed by atoms with Crippen LogP contribution in [0.15, 0.2) is 0 Å². The van der Waals surface area contributed by atoms with Gasteiger partial charge in [-0.25, -0.2) is 0 Å². The van der Waals surface area contributed by atoms with E-state index >= 15 is 0 Å². The molecule has 0 heterocycles. The van der Waals surface area contributed by atoms with Crippen molar-refractivity contribution >= 4 is 0 Å². The molecule has 2 atom stereocenters. The van der Waals surface area contributed by atoms with Crippen LogP contribution in [-0.2, 0) is 9.47 Å². The van der Waals surface area contributed by atoms with Crippen molar-refractivity contribution in [3.05, 3.63) is 0 Å². The van der Waals surface area contributed by atoms with Crippen molar-refractivity contribution in [1.82, 2.24) is 0 Å². The Kier molecular flexibility index (Phi) is 5.58. The fraction of sp³-hybridized carbons (Fsp3) is 1.00. The lowest BCUT2D eigenvalue weighted by Gasteiger charge is -2.10. The van der Waals surface area contributed by atoms with Gasteiger partial charge in [-0.1, -0.05) is 0 Å². The van der Waals surface area contributed by atoms with Crippen molar-refractivity contribution in [1.29, 1.82) is 0 Å². The Labute approximate surface area is 62.0 Å². The molecule has 0 aromatic carbocycles. The maximum Gasteiger partial charge on any atom is 0.0776 e. The molecule has 0 bridgehead atoms. The molecule has 0 amide bonds. The van der Waals surface area contributed by atoms with Crippen molar-refractivity contribution in [2.45, 2.75) is 26.1 Å². The van der Waals surface area contributed by atoms with Gasteiger partial charge in [-0.05, 0) is 13.8 Å². The van der Waals surface area contributed by atoms with Crippen LogP contribution in [0.25, 0.3) is 0 Å². The summed E-state index contributed by atoms with van der Waals surface area (Å²) in [6, 6.07) is 0. The zero-order valence-electron chi connectivity index (χ0n) is 6.83. The molecule has 2 unspecified atom stereocenters. The highest BCUT2D eigenvalue weighted by Gasteiger charge is 2.00. The third-order valence-corrected chi connectivity index (χ3v) is 1.11. The Bertz CT molecular complexity index is 73.3. The fourth-order valence-electron chi connectivity index (χ4n) is 0.473. The maximum atomic E-state index is 8.77. The van der Waals surface area contributed by atoms with Crippen LogP contribution in [0, 0.1) is 0 Å². The van der Waals surface area contributed by atoms with E-state index in [-0.39, 0.29) is 12.2 Å². The van der Waals surface area contributed by atoms with Gasteiger partial charge in [0.25, 0.3) is 0 Å². The molecule has 0 aromatic heterocycles. The van der Waals surface area contributed by atoms with E-state index in [0.29, 0.717) is 13.2 Å². The highest BCUT2D eigenvalue weighted by molar-refractivity contribution is 4.47. The third kappa shape index (κ3) is 6.01. The van der Waals surface area contributed by atoms with E-state index in [9.17, 15) is 0 Å². The number of rotatable bonds is 5. The normalized spacial score (nSPS) is 16.8. The zero-order valence-corrected chi connectivity index (χ0v) is 6.83. The van der Waals surface area contributed by atoms with Gasteiger partial charge in [0.1, 0.15) is 0 Å². The van der Waals surface area contributed by atoms with Gasteiger partial charge in [-0.15, -0.1) is 0 Å². The first-order chi connectivity index (χ1) is 4.66. The van der Waals surface area contributed by atoms with Crippen molar-refractivity contribution in [2.75, 3.05) is 20.3 Å². The van der Waals surface area contributed by atoms with Gasteiger partial charge in [0, 0.05) is 7.11 Å². The molecular weight excluding hydrogens is 132 g/mol. The summed E-state index contributed by atoms with van der Waals surface area (Å²) in [5, 5.41) is 8.77. The standard InChI is InChI=1S/C7H16O3/c1-6(8)4-10-5-7(2)9-3/h6-8H,4-5H2,1-3H3. The summed E-state index contributed by atoms with van der Waals surface area (Å²) in [6.45, 7) is 4.54. The second-order valence-corrected chi connectivity index (χ2v) is 2.43. The van der Waals surface area contributed by atoms with Gasteiger partial charge in [-0.2, -0.15) is 0 Å². The van der Waals surface area contributed by atoms with Gasteiger partial charge in [0.05, 0.1) is 25.4 Å². The summed E-state index contributed by atoms with van der Waals surface area (Å²) in [4.78, 5) is 0. The largest absolute Gasteiger partial charge is 0.391 e. The SMILES string of the molecule is COC(C)COCC(C)O. The van der Waals surface area contributed by atoms with E-state index in [4.69, 9.17) is 14.6 Å². The second kappa shape index (κ2) is 5.65. The summed E-state index contributed by atoms with van der Waals surface area (Å²) in [6.07, 6.45) is -0.275. The van der Waals surface area contributed by atoms with E-state index in [0.717, 1.165) is 0 Å². The summed E-state index contributed by atoms with van der Waals surface area (Å²) < 4.78 is 10.00. The van der Waals surface area contributed by atoms with Crippen LogP contribution in [0.3, 0.4) is 0 Å². The van der Waals surface area contributed by atoms with Crippen LogP contribution >= 0.6 is 0 Å². The molecule has 0 spiro atoms. The molecule has 0 saturated carbocycles. The van der Waals surface area contributed by atoms with Crippen LogP contribution in [0.5, 0.6) is 0 Å². The molecule has 1 N–H and O–H groups in total. The van der Waals surface area contributed by atoms with Crippen molar-refractivity contribution < 1.29 is 14.6 Å². The number of hydrogen-bond donors (Lipinski definition) is 1. The molecule has 0 radical (unpaired) electrons. The average molecular weight is 148 g/mol. The minimum Gasteiger partial charge on any atom is -0.391 e. The summed E-state index contributed by atoms with van der Waals surface area (Å²) >= 11 is 0. The fourth-order valence-corrected chi connectivity index (χ4v) is 0.473. The molecule has 0 aliphatic carbocycles. The Morgan fingerprint density at radius 3 is 2.30 bits per heavy atom. The van der Waals surface area contributed by atoms with Gasteiger partial charge in [0.15, 0.2) is 0 Å². The van der Waals surface area contributed by atoms with Gasteiger partial charge in [0.2, 0.25) is 0 Å². The van der Waals surface area contributed by atoms with Crippen LogP contribution in [0.4, 0.5) is 0 Å². The number of ether oxygens (including phenoxy) is 2. The lowest BCUT2D eigenvalue weighted by Crippen LogP contribution is -2.18. The first kappa shape index (κ1) is 9.88. The van der Waals surface area contributed by atoms with E-state index in [1.54, 1.807) is 14.0 Å². The molecule has 3 heteroatoms. The van der Waals surface area contributed by atoms with Gasteiger partial charge in [-0.3, -0.25) is 0 Å². The zero-order chi connectivity index (χ0) is 7.98. The number of aliphatic hydroxyl groups excluding tert-OH is 1. The predicted octanol–water partition coefficient (Wildman–Crippen LogP) is 0.419. The number of hydrogen-bond acceptors (Lipinski definition) is 3. The monoisotopic (exact) mass is 148 g/mol. The second-order valence-electron chi connectivity index (χ2n) is 2.43. The molecule has 0 aromatic rings. The van der Waals surface area contributed by atoms with Gasteiger partial charge < -0.3 is 14.6 Å². The van der Waals surface area contributed by atoms with Gasteiger partial charge >= 0.3 is 0 Å². The molecule has 10 heavy (non-hydrogen) atoms. The van der Waals surface area contributed by atoms with E-state index < -0.39 is 0 Å². The molecule has 3 nitrogen and oxygen atoms in total. The number of methoxy groups -OCH3 is 1. The van der Waals surface area contributed by atoms with Crippen LogP contribution in [0.1, 0.15) is 13.8 Å². The molecule has 0 rings (SSSR count). The molecular formula is C7H16O3. The molecule has 0 aliphatic heterocycles. The molecule has 0 aliphatic rings. The lowest BCUT2D eigenvalue weighted by molar-refractivity contribution is -0.0118. The Balaban J connectivity index is 3.03. The Hall–Kier alpha value is -0.120. The average Bonchev–Trinajstić information content (AvgIpc) is 1.87. The first-order valence-electron chi connectivity index (χ1n) is 3.45.